The lowest BCUT2D eigenvalue weighted by Gasteiger charge is -2.01. The topological polar surface area (TPSA) is 43.4 Å². The van der Waals surface area contributed by atoms with E-state index in [1.807, 2.05) is 54.6 Å². The molecule has 0 aliphatic carbocycles. The van der Waals surface area contributed by atoms with E-state index in [1.165, 1.54) is 11.1 Å². The van der Waals surface area contributed by atoms with Gasteiger partial charge in [0.05, 0.1) is 7.11 Å². The number of carbonyl (C=O) groups excluding carboxylic acids is 2. The van der Waals surface area contributed by atoms with E-state index in [0.29, 0.717) is 12.8 Å². The highest BCUT2D eigenvalue weighted by Gasteiger charge is 1.97. The largest absolute Gasteiger partial charge is 0.497 e. The fourth-order valence-electron chi connectivity index (χ4n) is 2.08. The summed E-state index contributed by atoms with van der Waals surface area (Å²) in [7, 11) is 1.64. The van der Waals surface area contributed by atoms with Crippen LogP contribution in [0, 0.1) is 0 Å². The predicted octanol–water partition coefficient (Wildman–Crippen LogP) is 4.43. The SMILES string of the molecule is CC(=O)CCc1ccccc1.COc1ccc(CCC(C)=O)cc1. The Bertz CT molecular complexity index is 615. The molecule has 3 nitrogen and oxygen atoms in total. The van der Waals surface area contributed by atoms with Gasteiger partial charge < -0.3 is 14.3 Å². The van der Waals surface area contributed by atoms with Gasteiger partial charge in [0, 0.05) is 12.8 Å². The Kier molecular flexibility index (Phi) is 9.13. The van der Waals surface area contributed by atoms with Gasteiger partial charge in [-0.2, -0.15) is 0 Å². The Hall–Kier alpha value is -2.42. The molecule has 0 atom stereocenters. The molecule has 0 aliphatic rings. The smallest absolute Gasteiger partial charge is 0.130 e. The van der Waals surface area contributed by atoms with Crippen molar-refractivity contribution < 1.29 is 14.3 Å². The van der Waals surface area contributed by atoms with E-state index in [9.17, 15) is 9.59 Å². The molecule has 3 heteroatoms. The lowest BCUT2D eigenvalue weighted by atomic mass is 10.1. The van der Waals surface area contributed by atoms with Crippen LogP contribution in [0.1, 0.15) is 37.8 Å². The van der Waals surface area contributed by atoms with Crippen LogP contribution < -0.4 is 4.74 Å². The number of ketones is 2. The van der Waals surface area contributed by atoms with Gasteiger partial charge in [0.2, 0.25) is 0 Å². The van der Waals surface area contributed by atoms with Gasteiger partial charge in [-0.15, -0.1) is 0 Å². The molecular formula is C21H26O3. The van der Waals surface area contributed by atoms with Crippen LogP contribution in [0.25, 0.3) is 0 Å². The third-order valence-electron chi connectivity index (χ3n) is 3.53. The molecule has 0 unspecified atom stereocenters. The minimum absolute atomic E-state index is 0.232. The minimum Gasteiger partial charge on any atom is -0.497 e. The summed E-state index contributed by atoms with van der Waals surface area (Å²) in [6.45, 7) is 3.24. The standard InChI is InChI=1S/C11H14O2.C10H12O/c1-9(12)3-4-10-5-7-11(13-2)8-6-10;1-9(11)7-8-10-5-3-2-4-6-10/h5-8H,3-4H2,1-2H3;2-6H,7-8H2,1H3. The lowest BCUT2D eigenvalue weighted by molar-refractivity contribution is -0.117. The van der Waals surface area contributed by atoms with Crippen molar-refractivity contribution in [2.45, 2.75) is 39.5 Å². The van der Waals surface area contributed by atoms with Crippen molar-refractivity contribution in [1.82, 2.24) is 0 Å². The van der Waals surface area contributed by atoms with E-state index in [2.05, 4.69) is 0 Å². The Balaban J connectivity index is 0.000000243. The average molecular weight is 326 g/mol. The maximum absolute atomic E-state index is 10.7. The summed E-state index contributed by atoms with van der Waals surface area (Å²) in [4.78, 5) is 21.3. The van der Waals surface area contributed by atoms with E-state index in [0.717, 1.165) is 18.6 Å². The molecule has 0 N–H and O–H groups in total. The van der Waals surface area contributed by atoms with Gasteiger partial charge in [-0.05, 0) is 49.9 Å². The summed E-state index contributed by atoms with van der Waals surface area (Å²) in [5.74, 6) is 1.34. The number of aryl methyl sites for hydroxylation is 2. The molecule has 2 aromatic rings. The second kappa shape index (κ2) is 11.2. The zero-order chi connectivity index (χ0) is 17.8. The van der Waals surface area contributed by atoms with Gasteiger partial charge >= 0.3 is 0 Å². The monoisotopic (exact) mass is 326 g/mol. The number of rotatable bonds is 7. The highest BCUT2D eigenvalue weighted by atomic mass is 16.5. The fourth-order valence-corrected chi connectivity index (χ4v) is 2.08. The molecule has 0 aromatic heterocycles. The molecule has 2 rings (SSSR count). The summed E-state index contributed by atoms with van der Waals surface area (Å²) < 4.78 is 5.03. The first-order chi connectivity index (χ1) is 11.5. The van der Waals surface area contributed by atoms with Crippen LogP contribution in [0.4, 0.5) is 0 Å². The molecule has 0 bridgehead atoms. The van der Waals surface area contributed by atoms with Crippen LogP contribution in [-0.4, -0.2) is 18.7 Å². The minimum atomic E-state index is 0.232. The van der Waals surface area contributed by atoms with Crippen LogP contribution in [-0.2, 0) is 22.4 Å². The van der Waals surface area contributed by atoms with E-state index in [-0.39, 0.29) is 11.6 Å². The predicted molar refractivity (Wildman–Crippen MR) is 97.4 cm³/mol. The Labute approximate surface area is 144 Å². The van der Waals surface area contributed by atoms with E-state index in [1.54, 1.807) is 21.0 Å². The van der Waals surface area contributed by atoms with Gasteiger partial charge in [0.1, 0.15) is 17.3 Å². The third kappa shape index (κ3) is 8.89. The molecule has 0 saturated carbocycles. The van der Waals surface area contributed by atoms with Crippen molar-refractivity contribution in [3.05, 3.63) is 65.7 Å². The summed E-state index contributed by atoms with van der Waals surface area (Å²) in [6, 6.07) is 17.9. The quantitative estimate of drug-likeness (QED) is 0.756. The Morgan fingerprint density at radius 1 is 0.750 bits per heavy atom. The second-order valence-electron chi connectivity index (χ2n) is 5.74. The van der Waals surface area contributed by atoms with Crippen molar-refractivity contribution >= 4 is 11.6 Å². The first-order valence-electron chi connectivity index (χ1n) is 8.17. The van der Waals surface area contributed by atoms with Crippen molar-refractivity contribution in [2.75, 3.05) is 7.11 Å². The van der Waals surface area contributed by atoms with Crippen molar-refractivity contribution in [1.29, 1.82) is 0 Å². The maximum Gasteiger partial charge on any atom is 0.130 e. The summed E-state index contributed by atoms with van der Waals surface area (Å²) >= 11 is 0. The summed E-state index contributed by atoms with van der Waals surface area (Å²) in [6.07, 6.45) is 2.96. The molecule has 0 heterocycles. The molecule has 128 valence electrons. The zero-order valence-electron chi connectivity index (χ0n) is 14.7. The number of carbonyl (C=O) groups is 2. The number of ether oxygens (including phenoxy) is 1. The number of hydrogen-bond acceptors (Lipinski definition) is 3. The fraction of sp³-hybridized carbons (Fsp3) is 0.333. The number of hydrogen-bond donors (Lipinski definition) is 0. The first-order valence-corrected chi connectivity index (χ1v) is 8.17. The van der Waals surface area contributed by atoms with Crippen molar-refractivity contribution in [3.63, 3.8) is 0 Å². The van der Waals surface area contributed by atoms with Crippen molar-refractivity contribution in [2.24, 2.45) is 0 Å². The molecule has 0 spiro atoms. The van der Waals surface area contributed by atoms with Gasteiger partial charge in [-0.1, -0.05) is 42.5 Å². The van der Waals surface area contributed by atoms with Gasteiger partial charge in [0.15, 0.2) is 0 Å². The molecule has 0 saturated heterocycles. The molecule has 0 radical (unpaired) electrons. The first kappa shape index (κ1) is 19.6. The number of benzene rings is 2. The molecular weight excluding hydrogens is 300 g/mol. The summed E-state index contributed by atoms with van der Waals surface area (Å²) in [5, 5.41) is 0. The van der Waals surface area contributed by atoms with Crippen LogP contribution in [0.3, 0.4) is 0 Å². The Morgan fingerprint density at radius 3 is 1.62 bits per heavy atom. The Morgan fingerprint density at radius 2 is 1.21 bits per heavy atom. The highest BCUT2D eigenvalue weighted by molar-refractivity contribution is 5.76. The molecule has 0 amide bonds. The zero-order valence-corrected chi connectivity index (χ0v) is 14.7. The van der Waals surface area contributed by atoms with Crippen molar-refractivity contribution in [3.8, 4) is 5.75 Å². The van der Waals surface area contributed by atoms with E-state index < -0.39 is 0 Å². The molecule has 24 heavy (non-hydrogen) atoms. The number of methoxy groups -OCH3 is 1. The molecule has 0 aliphatic heterocycles. The third-order valence-corrected chi connectivity index (χ3v) is 3.53. The van der Waals surface area contributed by atoms with Crippen LogP contribution in [0.15, 0.2) is 54.6 Å². The maximum atomic E-state index is 10.7. The molecule has 0 fully saturated rings. The molecule has 2 aromatic carbocycles. The van der Waals surface area contributed by atoms with Crippen LogP contribution >= 0.6 is 0 Å². The highest BCUT2D eigenvalue weighted by Crippen LogP contribution is 2.12. The van der Waals surface area contributed by atoms with E-state index >= 15 is 0 Å². The van der Waals surface area contributed by atoms with Crippen LogP contribution in [0.2, 0.25) is 0 Å². The van der Waals surface area contributed by atoms with Crippen LogP contribution in [0.5, 0.6) is 5.75 Å². The lowest BCUT2D eigenvalue weighted by Crippen LogP contribution is -1.93. The second-order valence-corrected chi connectivity index (χ2v) is 5.74. The van der Waals surface area contributed by atoms with Gasteiger partial charge in [0.25, 0.3) is 0 Å². The number of Topliss-reactive ketones (excluding diaryl/α,β-unsaturated/α-hetero) is 2. The van der Waals surface area contributed by atoms with Gasteiger partial charge in [-0.3, -0.25) is 0 Å². The van der Waals surface area contributed by atoms with Gasteiger partial charge in [-0.25, -0.2) is 0 Å². The van der Waals surface area contributed by atoms with E-state index in [4.69, 9.17) is 4.74 Å². The average Bonchev–Trinajstić information content (AvgIpc) is 2.60. The normalized spacial score (nSPS) is 9.62. The summed E-state index contributed by atoms with van der Waals surface area (Å²) in [5.41, 5.74) is 2.42.